The molecule has 1 amide bonds. The number of nitrogens with one attached hydrogen (secondary N) is 1. The van der Waals surface area contributed by atoms with Crippen molar-refractivity contribution in [2.45, 2.75) is 30.7 Å². The lowest BCUT2D eigenvalue weighted by Gasteiger charge is -2.41. The number of nitrogens with zero attached hydrogens (tertiary/aromatic N) is 4. The van der Waals surface area contributed by atoms with Gasteiger partial charge in [-0.3, -0.25) is 9.52 Å². The number of halogens is 1. The van der Waals surface area contributed by atoms with E-state index in [9.17, 15) is 13.2 Å². The second-order valence-corrected chi connectivity index (χ2v) is 12.0. The fraction of sp³-hybridized carbons (Fsp3) is 0.360. The minimum atomic E-state index is -3.68. The van der Waals surface area contributed by atoms with Crippen LogP contribution in [-0.4, -0.2) is 63.0 Å². The van der Waals surface area contributed by atoms with E-state index in [2.05, 4.69) is 19.5 Å². The molecule has 2 aliphatic rings. The molecule has 1 atom stereocenters. The van der Waals surface area contributed by atoms with E-state index >= 15 is 0 Å². The molecule has 1 aromatic heterocycles. The first kappa shape index (κ1) is 24.9. The summed E-state index contributed by atoms with van der Waals surface area (Å²) in [6.45, 7) is 5.46. The van der Waals surface area contributed by atoms with Gasteiger partial charge in [-0.15, -0.1) is 11.3 Å². The highest BCUT2D eigenvalue weighted by Gasteiger charge is 2.31. The van der Waals surface area contributed by atoms with Crippen LogP contribution in [0.25, 0.3) is 0 Å². The molecule has 11 heteroatoms. The molecule has 0 spiro atoms. The van der Waals surface area contributed by atoms with Crippen molar-refractivity contribution in [3.05, 3.63) is 64.6 Å². The van der Waals surface area contributed by atoms with Crippen LogP contribution in [0.3, 0.4) is 0 Å². The third kappa shape index (κ3) is 5.16. The molecule has 2 aromatic carbocycles. The van der Waals surface area contributed by atoms with E-state index in [-0.39, 0.29) is 16.8 Å². The van der Waals surface area contributed by atoms with Gasteiger partial charge in [0.1, 0.15) is 6.04 Å². The van der Waals surface area contributed by atoms with E-state index < -0.39 is 10.0 Å². The summed E-state index contributed by atoms with van der Waals surface area (Å²) in [6, 6.07) is 12.5. The quantitative estimate of drug-likeness (QED) is 0.502. The zero-order chi connectivity index (χ0) is 25.3. The van der Waals surface area contributed by atoms with Gasteiger partial charge in [0.05, 0.1) is 4.90 Å². The second-order valence-electron chi connectivity index (χ2n) is 8.99. The predicted molar refractivity (Wildman–Crippen MR) is 145 cm³/mol. The number of carbonyl (C=O) groups is 1. The Labute approximate surface area is 220 Å². The number of thiazole rings is 1. The lowest BCUT2D eigenvalue weighted by atomic mass is 10.00. The summed E-state index contributed by atoms with van der Waals surface area (Å²) in [7, 11) is -3.68. The van der Waals surface area contributed by atoms with Crippen molar-refractivity contribution >= 4 is 55.4 Å². The number of rotatable bonds is 6. The molecule has 1 saturated heterocycles. The van der Waals surface area contributed by atoms with Gasteiger partial charge in [0, 0.05) is 60.7 Å². The first-order valence-electron chi connectivity index (χ1n) is 11.9. The van der Waals surface area contributed by atoms with E-state index in [0.29, 0.717) is 31.3 Å². The van der Waals surface area contributed by atoms with Gasteiger partial charge in [-0.25, -0.2) is 13.4 Å². The Morgan fingerprint density at radius 3 is 2.53 bits per heavy atom. The Morgan fingerprint density at radius 2 is 1.83 bits per heavy atom. The van der Waals surface area contributed by atoms with Gasteiger partial charge < -0.3 is 14.7 Å². The molecule has 0 bridgehead atoms. The van der Waals surface area contributed by atoms with Crippen LogP contribution < -0.4 is 14.5 Å². The van der Waals surface area contributed by atoms with Crippen molar-refractivity contribution in [3.63, 3.8) is 0 Å². The van der Waals surface area contributed by atoms with E-state index in [1.54, 1.807) is 23.7 Å². The van der Waals surface area contributed by atoms with Crippen molar-refractivity contribution in [3.8, 4) is 0 Å². The van der Waals surface area contributed by atoms with Crippen molar-refractivity contribution in [2.24, 2.45) is 0 Å². The molecular formula is C25H28ClN5O3S2. The number of aromatic nitrogens is 1. The van der Waals surface area contributed by atoms with Crippen molar-refractivity contribution in [1.29, 1.82) is 0 Å². The van der Waals surface area contributed by atoms with Gasteiger partial charge in [0.2, 0.25) is 5.91 Å². The van der Waals surface area contributed by atoms with Crippen LogP contribution in [0.4, 0.5) is 16.5 Å². The lowest BCUT2D eigenvalue weighted by molar-refractivity contribution is -0.132. The first-order valence-corrected chi connectivity index (χ1v) is 14.7. The fourth-order valence-electron chi connectivity index (χ4n) is 4.86. The predicted octanol–water partition coefficient (Wildman–Crippen LogP) is 4.09. The minimum absolute atomic E-state index is 0.132. The Balaban J connectivity index is 1.20. The van der Waals surface area contributed by atoms with Crippen molar-refractivity contribution in [1.82, 2.24) is 9.88 Å². The molecule has 5 rings (SSSR count). The van der Waals surface area contributed by atoms with Gasteiger partial charge >= 0.3 is 0 Å². The zero-order valence-corrected chi connectivity index (χ0v) is 22.3. The summed E-state index contributed by atoms with van der Waals surface area (Å²) in [5, 5.41) is 2.78. The largest absolute Gasteiger partial charge is 0.368 e. The highest BCUT2D eigenvalue weighted by molar-refractivity contribution is 7.93. The molecule has 1 N–H and O–H groups in total. The maximum absolute atomic E-state index is 13.4. The Morgan fingerprint density at radius 1 is 1.08 bits per heavy atom. The smallest absolute Gasteiger partial charge is 0.263 e. The van der Waals surface area contributed by atoms with Crippen LogP contribution >= 0.6 is 22.9 Å². The molecule has 1 fully saturated rings. The summed E-state index contributed by atoms with van der Waals surface area (Å²) in [5.41, 5.74) is 3.24. The van der Waals surface area contributed by atoms with Crippen LogP contribution in [0.15, 0.2) is 58.9 Å². The van der Waals surface area contributed by atoms with Crippen LogP contribution in [-0.2, 0) is 21.2 Å². The molecular weight excluding hydrogens is 518 g/mol. The molecule has 3 aromatic rings. The van der Waals surface area contributed by atoms with Gasteiger partial charge in [0.25, 0.3) is 10.0 Å². The highest BCUT2D eigenvalue weighted by Crippen LogP contribution is 2.31. The third-order valence-electron chi connectivity index (χ3n) is 6.78. The van der Waals surface area contributed by atoms with Gasteiger partial charge in [-0.05, 0) is 67.8 Å². The normalized spacial score (nSPS) is 17.0. The SMILES string of the molecule is C[C@H](C(=O)N1CCN(c2ccc(S(=O)(=O)Nc3nccs3)cc2)CC1)N1CCCc2cc(Cl)ccc21. The summed E-state index contributed by atoms with van der Waals surface area (Å²) in [5.74, 6) is 0.132. The molecule has 2 aliphatic heterocycles. The van der Waals surface area contributed by atoms with Crippen LogP contribution in [0.1, 0.15) is 18.9 Å². The Bertz CT molecular complexity index is 1320. The topological polar surface area (TPSA) is 85.8 Å². The highest BCUT2D eigenvalue weighted by atomic mass is 35.5. The number of hydrogen-bond acceptors (Lipinski definition) is 7. The molecule has 0 aliphatic carbocycles. The average Bonchev–Trinajstić information content (AvgIpc) is 3.40. The molecule has 0 unspecified atom stereocenters. The Kier molecular flexibility index (Phi) is 7.09. The first-order chi connectivity index (χ1) is 17.3. The van der Waals surface area contributed by atoms with E-state index in [4.69, 9.17) is 11.6 Å². The standard InChI is InChI=1S/C25H28ClN5O3S2/c1-18(31-11-2-3-19-17-20(26)4-9-23(19)31)24(32)30-14-12-29(13-15-30)21-5-7-22(8-6-21)36(33,34)28-25-27-10-16-35-25/h4-10,16-18H,2-3,11-15H2,1H3,(H,27,28)/t18-/m1/s1. The van der Waals surface area contributed by atoms with Gasteiger partial charge in [0.15, 0.2) is 5.13 Å². The number of aryl methyl sites for hydroxylation is 1. The Hall–Kier alpha value is -2.82. The average molecular weight is 546 g/mol. The lowest BCUT2D eigenvalue weighted by Crippen LogP contribution is -2.55. The summed E-state index contributed by atoms with van der Waals surface area (Å²) in [6.07, 6.45) is 3.54. The number of hydrogen-bond donors (Lipinski definition) is 1. The van der Waals surface area contributed by atoms with Crippen molar-refractivity contribution < 1.29 is 13.2 Å². The van der Waals surface area contributed by atoms with Crippen LogP contribution in [0.2, 0.25) is 5.02 Å². The second kappa shape index (κ2) is 10.3. The number of anilines is 3. The summed E-state index contributed by atoms with van der Waals surface area (Å²) < 4.78 is 27.7. The van der Waals surface area contributed by atoms with Crippen molar-refractivity contribution in [2.75, 3.05) is 47.2 Å². The summed E-state index contributed by atoms with van der Waals surface area (Å²) in [4.78, 5) is 23.8. The number of piperazine rings is 1. The van der Waals surface area contributed by atoms with E-state index in [1.165, 1.54) is 16.9 Å². The molecule has 190 valence electrons. The monoisotopic (exact) mass is 545 g/mol. The van der Waals surface area contributed by atoms with Gasteiger partial charge in [-0.2, -0.15) is 0 Å². The van der Waals surface area contributed by atoms with Crippen LogP contribution in [0.5, 0.6) is 0 Å². The number of amides is 1. The number of fused-ring (bicyclic) bond motifs is 1. The minimum Gasteiger partial charge on any atom is -0.368 e. The molecule has 36 heavy (non-hydrogen) atoms. The van der Waals surface area contributed by atoms with Crippen LogP contribution in [0, 0.1) is 0 Å². The summed E-state index contributed by atoms with van der Waals surface area (Å²) >= 11 is 7.41. The maximum Gasteiger partial charge on any atom is 0.263 e. The molecule has 8 nitrogen and oxygen atoms in total. The third-order valence-corrected chi connectivity index (χ3v) is 9.19. The maximum atomic E-state index is 13.4. The van der Waals surface area contributed by atoms with E-state index in [1.807, 2.05) is 42.2 Å². The molecule has 0 saturated carbocycles. The molecule has 3 heterocycles. The zero-order valence-electron chi connectivity index (χ0n) is 19.9. The fourth-order valence-corrected chi connectivity index (χ4v) is 6.85. The number of sulfonamides is 1. The molecule has 0 radical (unpaired) electrons. The van der Waals surface area contributed by atoms with E-state index in [0.717, 1.165) is 35.8 Å². The number of benzene rings is 2. The van der Waals surface area contributed by atoms with Gasteiger partial charge in [-0.1, -0.05) is 11.6 Å². The number of carbonyl (C=O) groups excluding carboxylic acids is 1.